The van der Waals surface area contributed by atoms with E-state index in [1.165, 1.54) is 0 Å². The molecule has 0 aromatic heterocycles. The molecule has 0 radical (unpaired) electrons. The van der Waals surface area contributed by atoms with Gasteiger partial charge >= 0.3 is 6.03 Å². The number of nitrogens with one attached hydrogen (secondary N) is 1. The van der Waals surface area contributed by atoms with Crippen LogP contribution in [0, 0.1) is 0 Å². The third kappa shape index (κ3) is 3.99. The second-order valence-corrected chi connectivity index (χ2v) is 7.78. The second-order valence-electron chi connectivity index (χ2n) is 6.01. The Hall–Kier alpha value is -1.73. The Balaban J connectivity index is 1.86. The lowest BCUT2D eigenvalue weighted by Gasteiger charge is -2.27. The minimum atomic E-state index is -0.129. The highest BCUT2D eigenvalue weighted by atomic mass is 79.9. The first-order valence-corrected chi connectivity index (χ1v) is 9.86. The maximum atomic E-state index is 12.9. The maximum absolute atomic E-state index is 12.9. The summed E-state index contributed by atoms with van der Waals surface area (Å²) in [4.78, 5) is 14.8. The number of hydrogen-bond donors (Lipinski definition) is 1. The molecular formula is C19H20Br2N2O3. The maximum Gasteiger partial charge on any atom is 0.322 e. The third-order valence-electron chi connectivity index (χ3n) is 4.48. The number of carbonyl (C=O) groups excluding carboxylic acids is 1. The van der Waals surface area contributed by atoms with E-state index in [1.54, 1.807) is 14.2 Å². The van der Waals surface area contributed by atoms with Gasteiger partial charge in [-0.05, 0) is 65.2 Å². The van der Waals surface area contributed by atoms with Crippen molar-refractivity contribution >= 4 is 43.6 Å². The zero-order valence-corrected chi connectivity index (χ0v) is 17.8. The Morgan fingerprint density at radius 2 is 1.96 bits per heavy atom. The average Bonchev–Trinajstić information content (AvgIpc) is 3.14. The molecule has 2 amide bonds. The summed E-state index contributed by atoms with van der Waals surface area (Å²) in [6.07, 6.45) is 1.83. The first-order chi connectivity index (χ1) is 12.5. The summed E-state index contributed by atoms with van der Waals surface area (Å²) in [6, 6.07) is 11.2. The number of hydrogen-bond acceptors (Lipinski definition) is 3. The van der Waals surface area contributed by atoms with Gasteiger partial charge in [0.25, 0.3) is 0 Å². The van der Waals surface area contributed by atoms with Crippen LogP contribution in [0.4, 0.5) is 10.5 Å². The van der Waals surface area contributed by atoms with E-state index in [-0.39, 0.29) is 12.1 Å². The van der Waals surface area contributed by atoms with Crippen LogP contribution in [0.15, 0.2) is 45.3 Å². The lowest BCUT2D eigenvalue weighted by atomic mass is 10.0. The largest absolute Gasteiger partial charge is 0.497 e. The van der Waals surface area contributed by atoms with Crippen molar-refractivity contribution in [3.8, 4) is 11.5 Å². The summed E-state index contributed by atoms with van der Waals surface area (Å²) in [7, 11) is 3.28. The fraction of sp³-hybridized carbons (Fsp3) is 0.316. The van der Waals surface area contributed by atoms with E-state index in [4.69, 9.17) is 9.47 Å². The van der Waals surface area contributed by atoms with Crippen LogP contribution in [-0.2, 0) is 0 Å². The molecule has 5 nitrogen and oxygen atoms in total. The lowest BCUT2D eigenvalue weighted by Crippen LogP contribution is -2.34. The molecule has 1 fully saturated rings. The summed E-state index contributed by atoms with van der Waals surface area (Å²) < 4.78 is 12.6. The number of methoxy groups -OCH3 is 2. The highest BCUT2D eigenvalue weighted by molar-refractivity contribution is 9.11. The Morgan fingerprint density at radius 3 is 2.69 bits per heavy atom. The second kappa shape index (κ2) is 8.31. The van der Waals surface area contributed by atoms with Gasteiger partial charge in [-0.1, -0.05) is 15.9 Å². The standard InChI is InChI=1S/C19H20Br2N2O3/c1-25-13-6-8-18(26-2)14(11-13)17-4-3-9-23(17)19(24)22-16-10-12(20)5-7-15(16)21/h5-8,10-11,17H,3-4,9H2,1-2H3,(H,22,24). The number of halogens is 2. The van der Waals surface area contributed by atoms with Gasteiger partial charge in [-0.15, -0.1) is 0 Å². The molecule has 2 aromatic rings. The summed E-state index contributed by atoms with van der Waals surface area (Å²) in [5.41, 5.74) is 1.69. The Kier molecular flexibility index (Phi) is 6.09. The number of nitrogens with zero attached hydrogens (tertiary/aromatic N) is 1. The van der Waals surface area contributed by atoms with Crippen molar-refractivity contribution in [2.24, 2.45) is 0 Å². The zero-order valence-electron chi connectivity index (χ0n) is 14.6. The highest BCUT2D eigenvalue weighted by Crippen LogP contribution is 2.39. The van der Waals surface area contributed by atoms with E-state index in [0.29, 0.717) is 6.54 Å². The number of likely N-dealkylation sites (tertiary alicyclic amines) is 1. The van der Waals surface area contributed by atoms with Crippen molar-refractivity contribution in [2.45, 2.75) is 18.9 Å². The predicted molar refractivity (Wildman–Crippen MR) is 109 cm³/mol. The fourth-order valence-corrected chi connectivity index (χ4v) is 3.92. The first kappa shape index (κ1) is 19.0. The van der Waals surface area contributed by atoms with Gasteiger partial charge in [-0.25, -0.2) is 4.79 Å². The van der Waals surface area contributed by atoms with Crippen LogP contribution in [0.2, 0.25) is 0 Å². The van der Waals surface area contributed by atoms with Crippen molar-refractivity contribution < 1.29 is 14.3 Å². The van der Waals surface area contributed by atoms with Gasteiger partial charge in [0.2, 0.25) is 0 Å². The molecule has 1 unspecified atom stereocenters. The predicted octanol–water partition coefficient (Wildman–Crippen LogP) is 5.60. The molecule has 1 aliphatic heterocycles. The minimum Gasteiger partial charge on any atom is -0.497 e. The van der Waals surface area contributed by atoms with Crippen LogP contribution in [0.1, 0.15) is 24.4 Å². The van der Waals surface area contributed by atoms with Gasteiger partial charge in [0, 0.05) is 21.1 Å². The third-order valence-corrected chi connectivity index (χ3v) is 5.66. The van der Waals surface area contributed by atoms with Gasteiger partial charge < -0.3 is 19.7 Å². The Morgan fingerprint density at radius 1 is 1.15 bits per heavy atom. The molecule has 1 heterocycles. The Labute approximate surface area is 169 Å². The molecule has 3 rings (SSSR count). The molecule has 1 saturated heterocycles. The van der Waals surface area contributed by atoms with Crippen LogP contribution in [0.5, 0.6) is 11.5 Å². The Bertz CT molecular complexity index is 813. The summed E-state index contributed by atoms with van der Waals surface area (Å²) in [6.45, 7) is 0.697. The first-order valence-electron chi connectivity index (χ1n) is 8.28. The molecule has 0 aliphatic carbocycles. The summed E-state index contributed by atoms with van der Waals surface area (Å²) in [5.74, 6) is 1.52. The number of anilines is 1. The van der Waals surface area contributed by atoms with E-state index in [9.17, 15) is 4.79 Å². The molecule has 0 spiro atoms. The van der Waals surface area contributed by atoms with Crippen molar-refractivity contribution in [3.05, 3.63) is 50.9 Å². The molecule has 1 atom stereocenters. The summed E-state index contributed by atoms with van der Waals surface area (Å²) >= 11 is 6.92. The molecule has 0 saturated carbocycles. The van der Waals surface area contributed by atoms with Crippen molar-refractivity contribution in [2.75, 3.05) is 26.1 Å². The number of benzene rings is 2. The normalized spacial score (nSPS) is 16.5. The molecule has 26 heavy (non-hydrogen) atoms. The molecular weight excluding hydrogens is 464 g/mol. The number of rotatable bonds is 4. The van der Waals surface area contributed by atoms with Gasteiger partial charge in [0.05, 0.1) is 25.9 Å². The van der Waals surface area contributed by atoms with Crippen LogP contribution in [-0.4, -0.2) is 31.7 Å². The van der Waals surface area contributed by atoms with Gasteiger partial charge in [0.1, 0.15) is 11.5 Å². The van der Waals surface area contributed by atoms with Crippen molar-refractivity contribution in [1.29, 1.82) is 0 Å². The SMILES string of the molecule is COc1ccc(OC)c(C2CCCN2C(=O)Nc2cc(Br)ccc2Br)c1. The topological polar surface area (TPSA) is 50.8 Å². The van der Waals surface area contributed by atoms with Crippen LogP contribution >= 0.6 is 31.9 Å². The smallest absolute Gasteiger partial charge is 0.322 e. The van der Waals surface area contributed by atoms with Crippen LogP contribution in [0.25, 0.3) is 0 Å². The van der Waals surface area contributed by atoms with Gasteiger partial charge in [0.15, 0.2) is 0 Å². The number of carbonyl (C=O) groups is 1. The number of ether oxygens (including phenoxy) is 2. The van der Waals surface area contributed by atoms with E-state index in [2.05, 4.69) is 37.2 Å². The molecule has 138 valence electrons. The summed E-state index contributed by atoms with van der Waals surface area (Å²) in [5, 5.41) is 3.00. The lowest BCUT2D eigenvalue weighted by molar-refractivity contribution is 0.206. The zero-order chi connectivity index (χ0) is 18.7. The van der Waals surface area contributed by atoms with Gasteiger partial charge in [-0.3, -0.25) is 0 Å². The molecule has 2 aromatic carbocycles. The fourth-order valence-electron chi connectivity index (χ4n) is 3.21. The van der Waals surface area contributed by atoms with Gasteiger partial charge in [-0.2, -0.15) is 0 Å². The van der Waals surface area contributed by atoms with E-state index in [1.807, 2.05) is 41.3 Å². The van der Waals surface area contributed by atoms with E-state index >= 15 is 0 Å². The molecule has 7 heteroatoms. The van der Waals surface area contributed by atoms with Crippen LogP contribution < -0.4 is 14.8 Å². The van der Waals surface area contributed by atoms with Crippen molar-refractivity contribution in [3.63, 3.8) is 0 Å². The van der Waals surface area contributed by atoms with Crippen molar-refractivity contribution in [1.82, 2.24) is 4.90 Å². The number of amides is 2. The minimum absolute atomic E-state index is 0.0500. The van der Waals surface area contributed by atoms with E-state index in [0.717, 1.165) is 44.5 Å². The molecule has 1 N–H and O–H groups in total. The quantitative estimate of drug-likeness (QED) is 0.615. The molecule has 0 bridgehead atoms. The van der Waals surface area contributed by atoms with E-state index < -0.39 is 0 Å². The highest BCUT2D eigenvalue weighted by Gasteiger charge is 2.32. The number of urea groups is 1. The monoisotopic (exact) mass is 482 g/mol. The average molecular weight is 484 g/mol. The molecule has 1 aliphatic rings. The van der Waals surface area contributed by atoms with Crippen LogP contribution in [0.3, 0.4) is 0 Å².